The van der Waals surface area contributed by atoms with Crippen molar-refractivity contribution >= 4 is 39.3 Å². The van der Waals surface area contributed by atoms with Crippen molar-refractivity contribution in [3.8, 4) is 0 Å². The lowest BCUT2D eigenvalue weighted by Gasteiger charge is -2.38. The van der Waals surface area contributed by atoms with E-state index < -0.39 is 5.91 Å². The van der Waals surface area contributed by atoms with Gasteiger partial charge in [-0.05, 0) is 81.1 Å². The van der Waals surface area contributed by atoms with Gasteiger partial charge in [0, 0.05) is 17.6 Å². The average molecular weight is 519 g/mol. The molecule has 5 nitrogen and oxygen atoms in total. The van der Waals surface area contributed by atoms with Gasteiger partial charge in [0.1, 0.15) is 0 Å². The first-order valence-electron chi connectivity index (χ1n) is 11.2. The number of halogens is 2. The molecule has 0 unspecified atom stereocenters. The Labute approximate surface area is 203 Å². The standard InChI is InChI=1S/C25H29BrClN3O2/c26-20-8-6-18(7-9-20)17-30-16-12-25(24(30)32)10-14-29(15-11-25)13-2-4-19-3-1-5-21(27)22(19)23(28)31/h1,3,5-9H,2,4,10-17H2,(H2,28,31). The van der Waals surface area contributed by atoms with Gasteiger partial charge in [0.2, 0.25) is 11.8 Å². The molecule has 0 aromatic heterocycles. The summed E-state index contributed by atoms with van der Waals surface area (Å²) in [5.41, 5.74) is 7.84. The molecule has 2 heterocycles. The fourth-order valence-electron chi connectivity index (χ4n) is 5.07. The van der Waals surface area contributed by atoms with E-state index in [1.807, 2.05) is 29.2 Å². The van der Waals surface area contributed by atoms with Gasteiger partial charge in [0.05, 0.1) is 16.0 Å². The van der Waals surface area contributed by atoms with Crippen LogP contribution in [0.5, 0.6) is 0 Å². The minimum atomic E-state index is -0.474. The highest BCUT2D eigenvalue weighted by Crippen LogP contribution is 2.42. The Bertz CT molecular complexity index is 987. The van der Waals surface area contributed by atoms with Crippen LogP contribution in [-0.2, 0) is 17.8 Å². The Morgan fingerprint density at radius 1 is 1.06 bits per heavy atom. The lowest BCUT2D eigenvalue weighted by molar-refractivity contribution is -0.138. The quantitative estimate of drug-likeness (QED) is 0.580. The van der Waals surface area contributed by atoms with E-state index in [0.29, 0.717) is 23.0 Å². The summed E-state index contributed by atoms with van der Waals surface area (Å²) in [7, 11) is 0. The van der Waals surface area contributed by atoms with Crippen LogP contribution in [0.1, 0.15) is 47.2 Å². The lowest BCUT2D eigenvalue weighted by Crippen LogP contribution is -2.44. The van der Waals surface area contributed by atoms with Crippen LogP contribution in [0.3, 0.4) is 0 Å². The summed E-state index contributed by atoms with van der Waals surface area (Å²) in [6.45, 7) is 4.36. The van der Waals surface area contributed by atoms with Crippen LogP contribution < -0.4 is 5.73 Å². The van der Waals surface area contributed by atoms with Gasteiger partial charge in [-0.1, -0.05) is 51.8 Å². The number of carbonyl (C=O) groups excluding carboxylic acids is 2. The minimum Gasteiger partial charge on any atom is -0.366 e. The predicted octanol–water partition coefficient (Wildman–Crippen LogP) is 4.65. The third-order valence-corrected chi connectivity index (χ3v) is 7.81. The number of nitrogens with two attached hydrogens (primary N) is 1. The van der Waals surface area contributed by atoms with Gasteiger partial charge in [-0.2, -0.15) is 0 Å². The van der Waals surface area contributed by atoms with Crippen molar-refractivity contribution in [2.75, 3.05) is 26.2 Å². The van der Waals surface area contributed by atoms with E-state index in [2.05, 4.69) is 33.0 Å². The van der Waals surface area contributed by atoms with Gasteiger partial charge in [-0.25, -0.2) is 0 Å². The molecule has 0 bridgehead atoms. The maximum atomic E-state index is 13.2. The molecule has 2 aromatic rings. The number of piperidine rings is 1. The van der Waals surface area contributed by atoms with Crippen molar-refractivity contribution in [3.05, 3.63) is 68.7 Å². The molecule has 2 fully saturated rings. The number of benzene rings is 2. The van der Waals surface area contributed by atoms with Crippen molar-refractivity contribution in [2.24, 2.45) is 11.1 Å². The summed E-state index contributed by atoms with van der Waals surface area (Å²) in [5, 5.41) is 0.419. The first-order chi connectivity index (χ1) is 15.4. The molecule has 2 aliphatic rings. The van der Waals surface area contributed by atoms with Gasteiger partial charge in [0.25, 0.3) is 0 Å². The van der Waals surface area contributed by atoms with E-state index in [0.717, 1.165) is 68.3 Å². The van der Waals surface area contributed by atoms with E-state index in [1.54, 1.807) is 6.07 Å². The van der Waals surface area contributed by atoms with Crippen LogP contribution in [-0.4, -0.2) is 47.8 Å². The molecule has 4 rings (SSSR count). The van der Waals surface area contributed by atoms with Crippen molar-refractivity contribution in [1.82, 2.24) is 9.80 Å². The Balaban J connectivity index is 1.27. The summed E-state index contributed by atoms with van der Waals surface area (Å²) in [6, 6.07) is 13.7. The second kappa shape index (κ2) is 9.94. The highest BCUT2D eigenvalue weighted by atomic mass is 79.9. The van der Waals surface area contributed by atoms with Gasteiger partial charge >= 0.3 is 0 Å². The zero-order valence-corrected chi connectivity index (χ0v) is 20.5. The molecule has 2 N–H and O–H groups in total. The summed E-state index contributed by atoms with van der Waals surface area (Å²) in [4.78, 5) is 29.4. The molecule has 2 aliphatic heterocycles. The largest absolute Gasteiger partial charge is 0.366 e. The number of aryl methyl sites for hydroxylation is 1. The number of hydrogen-bond acceptors (Lipinski definition) is 3. The highest BCUT2D eigenvalue weighted by Gasteiger charge is 2.47. The van der Waals surface area contributed by atoms with E-state index in [9.17, 15) is 9.59 Å². The molecule has 32 heavy (non-hydrogen) atoms. The summed E-state index contributed by atoms with van der Waals surface area (Å²) in [6.07, 6.45) is 4.50. The normalized spacial score (nSPS) is 18.4. The van der Waals surface area contributed by atoms with Gasteiger partial charge in [0.15, 0.2) is 0 Å². The van der Waals surface area contributed by atoms with Crippen LogP contribution in [0.15, 0.2) is 46.9 Å². The maximum absolute atomic E-state index is 13.2. The van der Waals surface area contributed by atoms with Gasteiger partial charge in [-0.3, -0.25) is 9.59 Å². The Kier molecular flexibility index (Phi) is 7.23. The number of nitrogens with zero attached hydrogens (tertiary/aromatic N) is 2. The second-order valence-electron chi connectivity index (χ2n) is 8.97. The summed E-state index contributed by atoms with van der Waals surface area (Å²) >= 11 is 9.62. The Hall–Kier alpha value is -1.89. The average Bonchev–Trinajstić information content (AvgIpc) is 3.06. The molecule has 2 saturated heterocycles. The molecule has 0 atom stereocenters. The first-order valence-corrected chi connectivity index (χ1v) is 12.4. The summed E-state index contributed by atoms with van der Waals surface area (Å²) in [5.74, 6) is -0.150. The van der Waals surface area contributed by atoms with E-state index in [1.165, 1.54) is 5.56 Å². The third-order valence-electron chi connectivity index (χ3n) is 6.97. The maximum Gasteiger partial charge on any atom is 0.250 e. The van der Waals surface area contributed by atoms with Crippen molar-refractivity contribution in [2.45, 2.75) is 38.6 Å². The number of amides is 2. The lowest BCUT2D eigenvalue weighted by atomic mass is 9.77. The molecular weight excluding hydrogens is 490 g/mol. The van der Waals surface area contributed by atoms with E-state index >= 15 is 0 Å². The number of rotatable bonds is 7. The number of carbonyl (C=O) groups is 2. The second-order valence-corrected chi connectivity index (χ2v) is 10.3. The molecule has 2 aromatic carbocycles. The predicted molar refractivity (Wildman–Crippen MR) is 131 cm³/mol. The fourth-order valence-corrected chi connectivity index (χ4v) is 5.62. The molecule has 7 heteroatoms. The number of likely N-dealkylation sites (tertiary alicyclic amines) is 2. The van der Waals surface area contributed by atoms with Gasteiger partial charge < -0.3 is 15.5 Å². The molecule has 0 radical (unpaired) electrons. The summed E-state index contributed by atoms with van der Waals surface area (Å²) < 4.78 is 1.05. The first kappa shape index (κ1) is 23.3. The zero-order valence-electron chi connectivity index (χ0n) is 18.2. The monoisotopic (exact) mass is 517 g/mol. The molecular formula is C25H29BrClN3O2. The Morgan fingerprint density at radius 2 is 1.75 bits per heavy atom. The topological polar surface area (TPSA) is 66.6 Å². The van der Waals surface area contributed by atoms with Crippen LogP contribution in [0.4, 0.5) is 0 Å². The smallest absolute Gasteiger partial charge is 0.250 e. The Morgan fingerprint density at radius 3 is 2.44 bits per heavy atom. The highest BCUT2D eigenvalue weighted by molar-refractivity contribution is 9.10. The van der Waals surface area contributed by atoms with Crippen LogP contribution in [0, 0.1) is 5.41 Å². The fraction of sp³-hybridized carbons (Fsp3) is 0.440. The van der Waals surface area contributed by atoms with Crippen LogP contribution in [0.25, 0.3) is 0 Å². The molecule has 0 aliphatic carbocycles. The number of primary amides is 1. The SMILES string of the molecule is NC(=O)c1c(Cl)cccc1CCCN1CCC2(CC1)CCN(Cc1ccc(Br)cc1)C2=O. The van der Waals surface area contributed by atoms with Crippen molar-refractivity contribution in [1.29, 1.82) is 0 Å². The van der Waals surface area contributed by atoms with Crippen molar-refractivity contribution < 1.29 is 9.59 Å². The molecule has 0 saturated carbocycles. The minimum absolute atomic E-state index is 0.183. The third kappa shape index (κ3) is 5.03. The molecule has 2 amide bonds. The van der Waals surface area contributed by atoms with Crippen LogP contribution in [0.2, 0.25) is 5.02 Å². The van der Waals surface area contributed by atoms with E-state index in [4.69, 9.17) is 17.3 Å². The van der Waals surface area contributed by atoms with E-state index in [-0.39, 0.29) is 5.41 Å². The number of hydrogen-bond donors (Lipinski definition) is 1. The molecule has 1 spiro atoms. The van der Waals surface area contributed by atoms with Crippen LogP contribution >= 0.6 is 27.5 Å². The molecule has 170 valence electrons. The van der Waals surface area contributed by atoms with Gasteiger partial charge in [-0.15, -0.1) is 0 Å². The zero-order chi connectivity index (χ0) is 22.7. The van der Waals surface area contributed by atoms with Crippen molar-refractivity contribution in [3.63, 3.8) is 0 Å².